The minimum Gasteiger partial charge on any atom is -0.297 e. The Balaban J connectivity index is 2.02. The number of Topliss-reactive ketones (excluding diaryl/α,β-unsaturated/α-hetero) is 1. The van der Waals surface area contributed by atoms with Crippen molar-refractivity contribution in [3.05, 3.63) is 35.9 Å². The molecule has 0 aliphatic carbocycles. The van der Waals surface area contributed by atoms with Gasteiger partial charge in [0.2, 0.25) is 11.8 Å². The Morgan fingerprint density at radius 1 is 1.24 bits per heavy atom. The van der Waals surface area contributed by atoms with E-state index in [-0.39, 0.29) is 36.4 Å². The summed E-state index contributed by atoms with van der Waals surface area (Å²) in [4.78, 5) is 37.3. The van der Waals surface area contributed by atoms with Crippen LogP contribution in [0.5, 0.6) is 0 Å². The first kappa shape index (κ1) is 15.4. The van der Waals surface area contributed by atoms with E-state index in [1.54, 1.807) is 0 Å². The molecule has 4 heteroatoms. The van der Waals surface area contributed by atoms with E-state index in [1.165, 1.54) is 4.90 Å². The third-order valence-corrected chi connectivity index (χ3v) is 3.71. The van der Waals surface area contributed by atoms with E-state index in [4.69, 9.17) is 0 Å². The number of ketones is 1. The highest BCUT2D eigenvalue weighted by molar-refractivity contribution is 6.14. The van der Waals surface area contributed by atoms with Crippen LogP contribution in [-0.4, -0.2) is 28.5 Å². The lowest BCUT2D eigenvalue weighted by atomic mass is 10.0. The van der Waals surface area contributed by atoms with E-state index in [0.717, 1.165) is 5.56 Å². The molecule has 2 rings (SSSR count). The Bertz CT molecular complexity index is 536. The molecule has 1 saturated heterocycles. The van der Waals surface area contributed by atoms with Crippen molar-refractivity contribution >= 4 is 17.6 Å². The van der Waals surface area contributed by atoms with Crippen molar-refractivity contribution in [2.45, 2.75) is 45.6 Å². The smallest absolute Gasteiger partial charge is 0.237 e. The van der Waals surface area contributed by atoms with Crippen molar-refractivity contribution < 1.29 is 14.4 Å². The number of nitrogens with zero attached hydrogens (tertiary/aromatic N) is 1. The van der Waals surface area contributed by atoms with Gasteiger partial charge in [0.1, 0.15) is 0 Å². The average Bonchev–Trinajstić information content (AvgIpc) is 2.71. The molecular formula is C17H21NO3. The molecule has 1 heterocycles. The largest absolute Gasteiger partial charge is 0.297 e. The van der Waals surface area contributed by atoms with Crippen molar-refractivity contribution in [1.29, 1.82) is 0 Å². The van der Waals surface area contributed by atoms with Crippen LogP contribution in [0.15, 0.2) is 30.3 Å². The highest BCUT2D eigenvalue weighted by atomic mass is 16.2. The maximum Gasteiger partial charge on any atom is 0.237 e. The molecule has 112 valence electrons. The van der Waals surface area contributed by atoms with Gasteiger partial charge in [-0.1, -0.05) is 44.2 Å². The summed E-state index contributed by atoms with van der Waals surface area (Å²) in [6, 6.07) is 9.12. The van der Waals surface area contributed by atoms with Crippen molar-refractivity contribution in [2.75, 3.05) is 0 Å². The van der Waals surface area contributed by atoms with Crippen LogP contribution >= 0.6 is 0 Å². The molecule has 1 aromatic rings. The van der Waals surface area contributed by atoms with Gasteiger partial charge in [0.05, 0.1) is 12.5 Å². The van der Waals surface area contributed by atoms with E-state index in [0.29, 0.717) is 12.8 Å². The zero-order valence-corrected chi connectivity index (χ0v) is 12.5. The highest BCUT2D eigenvalue weighted by Gasteiger charge is 2.41. The van der Waals surface area contributed by atoms with E-state index in [2.05, 4.69) is 0 Å². The molecule has 2 amide bonds. The fourth-order valence-corrected chi connectivity index (χ4v) is 2.68. The van der Waals surface area contributed by atoms with Crippen LogP contribution in [0.25, 0.3) is 0 Å². The second kappa shape index (κ2) is 6.66. The Hall–Kier alpha value is -1.97. The molecule has 0 saturated carbocycles. The van der Waals surface area contributed by atoms with Crippen LogP contribution in [-0.2, 0) is 20.8 Å². The van der Waals surface area contributed by atoms with Gasteiger partial charge in [-0.05, 0) is 24.3 Å². The number of hydrogen-bond donors (Lipinski definition) is 0. The quantitative estimate of drug-likeness (QED) is 0.781. The van der Waals surface area contributed by atoms with Crippen LogP contribution in [0.2, 0.25) is 0 Å². The topological polar surface area (TPSA) is 54.5 Å². The van der Waals surface area contributed by atoms with E-state index >= 15 is 0 Å². The van der Waals surface area contributed by atoms with Gasteiger partial charge in [0.25, 0.3) is 0 Å². The summed E-state index contributed by atoms with van der Waals surface area (Å²) in [5.41, 5.74) is 1.06. The first-order chi connectivity index (χ1) is 9.99. The maximum absolute atomic E-state index is 12.3. The lowest BCUT2D eigenvalue weighted by Crippen LogP contribution is -2.41. The number of likely N-dealkylation sites (tertiary alicyclic amines) is 1. The van der Waals surface area contributed by atoms with Crippen LogP contribution in [0, 0.1) is 5.92 Å². The summed E-state index contributed by atoms with van der Waals surface area (Å²) in [6.45, 7) is 3.98. The first-order valence-electron chi connectivity index (χ1n) is 7.40. The summed E-state index contributed by atoms with van der Waals surface area (Å²) in [7, 11) is 0. The molecule has 1 fully saturated rings. The number of aryl methyl sites for hydroxylation is 1. The summed E-state index contributed by atoms with van der Waals surface area (Å²) >= 11 is 0. The Labute approximate surface area is 125 Å². The standard InChI is InChI=1S/C17H21NO3/c1-12(2)10-14-15(19)11-17(21)18(14)16(20)9-8-13-6-4-3-5-7-13/h3-7,12,14H,8-11H2,1-2H3. The summed E-state index contributed by atoms with van der Waals surface area (Å²) < 4.78 is 0. The third-order valence-electron chi connectivity index (χ3n) is 3.71. The van der Waals surface area contributed by atoms with Gasteiger partial charge in [-0.3, -0.25) is 19.3 Å². The number of carbonyl (C=O) groups is 3. The Morgan fingerprint density at radius 3 is 2.52 bits per heavy atom. The molecule has 1 atom stereocenters. The van der Waals surface area contributed by atoms with Gasteiger partial charge in [0, 0.05) is 6.42 Å². The molecular weight excluding hydrogens is 266 g/mol. The van der Waals surface area contributed by atoms with Gasteiger partial charge in [-0.15, -0.1) is 0 Å². The number of carbonyl (C=O) groups excluding carboxylic acids is 3. The second-order valence-corrected chi connectivity index (χ2v) is 5.93. The monoisotopic (exact) mass is 287 g/mol. The van der Waals surface area contributed by atoms with Crippen molar-refractivity contribution in [3.8, 4) is 0 Å². The fourth-order valence-electron chi connectivity index (χ4n) is 2.68. The molecule has 0 N–H and O–H groups in total. The van der Waals surface area contributed by atoms with Crippen LogP contribution < -0.4 is 0 Å². The molecule has 1 aromatic carbocycles. The molecule has 0 spiro atoms. The third kappa shape index (κ3) is 3.78. The van der Waals surface area contributed by atoms with Crippen molar-refractivity contribution in [3.63, 3.8) is 0 Å². The predicted octanol–water partition coefficient (Wildman–Crippen LogP) is 2.36. The summed E-state index contributed by atoms with van der Waals surface area (Å²) in [5, 5.41) is 0. The molecule has 0 aromatic heterocycles. The molecule has 1 aliphatic rings. The molecule has 21 heavy (non-hydrogen) atoms. The number of amides is 2. The maximum atomic E-state index is 12.3. The molecule has 0 bridgehead atoms. The van der Waals surface area contributed by atoms with Crippen molar-refractivity contribution in [2.24, 2.45) is 5.92 Å². The van der Waals surface area contributed by atoms with Gasteiger partial charge >= 0.3 is 0 Å². The van der Waals surface area contributed by atoms with Gasteiger partial charge in [-0.2, -0.15) is 0 Å². The van der Waals surface area contributed by atoms with Crippen LogP contribution in [0.4, 0.5) is 0 Å². The SMILES string of the molecule is CC(C)CC1C(=O)CC(=O)N1C(=O)CCc1ccccc1. The number of imide groups is 1. The normalized spacial score (nSPS) is 18.6. The molecule has 1 unspecified atom stereocenters. The Morgan fingerprint density at radius 2 is 1.90 bits per heavy atom. The van der Waals surface area contributed by atoms with Crippen molar-refractivity contribution in [1.82, 2.24) is 4.90 Å². The number of rotatable bonds is 5. The number of benzene rings is 1. The highest BCUT2D eigenvalue weighted by Crippen LogP contribution is 2.23. The average molecular weight is 287 g/mol. The van der Waals surface area contributed by atoms with Gasteiger partial charge in [-0.25, -0.2) is 0 Å². The van der Waals surface area contributed by atoms with Crippen LogP contribution in [0.3, 0.4) is 0 Å². The Kier molecular flexibility index (Phi) is 4.89. The zero-order valence-electron chi connectivity index (χ0n) is 12.5. The lowest BCUT2D eigenvalue weighted by Gasteiger charge is -2.23. The number of hydrogen-bond acceptors (Lipinski definition) is 3. The molecule has 4 nitrogen and oxygen atoms in total. The summed E-state index contributed by atoms with van der Waals surface area (Å²) in [6.07, 6.45) is 1.28. The minimum absolute atomic E-state index is 0.123. The van der Waals surface area contributed by atoms with E-state index in [9.17, 15) is 14.4 Å². The van der Waals surface area contributed by atoms with Crippen LogP contribution in [0.1, 0.15) is 38.7 Å². The first-order valence-corrected chi connectivity index (χ1v) is 7.40. The minimum atomic E-state index is -0.555. The van der Waals surface area contributed by atoms with Gasteiger partial charge < -0.3 is 0 Å². The second-order valence-electron chi connectivity index (χ2n) is 5.93. The molecule has 1 aliphatic heterocycles. The van der Waals surface area contributed by atoms with Gasteiger partial charge in [0.15, 0.2) is 5.78 Å². The summed E-state index contributed by atoms with van der Waals surface area (Å²) in [5.74, 6) is -0.430. The molecule has 0 radical (unpaired) electrons. The zero-order chi connectivity index (χ0) is 15.4. The predicted molar refractivity (Wildman–Crippen MR) is 79.5 cm³/mol. The fraction of sp³-hybridized carbons (Fsp3) is 0.471. The van der Waals surface area contributed by atoms with E-state index in [1.807, 2.05) is 44.2 Å². The van der Waals surface area contributed by atoms with E-state index < -0.39 is 6.04 Å². The lowest BCUT2D eigenvalue weighted by molar-refractivity contribution is -0.144.